The van der Waals surface area contributed by atoms with Crippen molar-refractivity contribution >= 4 is 47.0 Å². The highest BCUT2D eigenvalue weighted by molar-refractivity contribution is 6.33. The Morgan fingerprint density at radius 3 is 2.52 bits per heavy atom. The molecule has 0 saturated heterocycles. The Morgan fingerprint density at radius 2 is 1.88 bits per heavy atom. The van der Waals surface area contributed by atoms with Crippen LogP contribution >= 0.6 is 23.2 Å². The molecular formula is C17H15Cl2N3O3. The molecule has 1 heterocycles. The van der Waals surface area contributed by atoms with E-state index < -0.39 is 5.97 Å². The summed E-state index contributed by atoms with van der Waals surface area (Å²) in [6, 6.07) is 8.19. The molecule has 0 radical (unpaired) electrons. The van der Waals surface area contributed by atoms with Crippen LogP contribution in [0.15, 0.2) is 42.6 Å². The average molecular weight is 380 g/mol. The number of aromatic nitrogens is 1. The Labute approximate surface area is 154 Å². The number of hydrogen-bond donors (Lipinski definition) is 3. The summed E-state index contributed by atoms with van der Waals surface area (Å²) in [6.07, 6.45) is 3.91. The van der Waals surface area contributed by atoms with Crippen molar-refractivity contribution in [2.45, 2.75) is 0 Å². The topological polar surface area (TPSA) is 91.3 Å². The first-order valence-corrected chi connectivity index (χ1v) is 8.05. The first-order valence-electron chi connectivity index (χ1n) is 7.30. The number of carbonyl (C=O) groups excluding carboxylic acids is 1. The van der Waals surface area contributed by atoms with Crippen LogP contribution in [0, 0.1) is 0 Å². The van der Waals surface area contributed by atoms with Gasteiger partial charge >= 0.3 is 5.97 Å². The molecular weight excluding hydrogens is 365 g/mol. The zero-order chi connectivity index (χ0) is 18.2. The standard InChI is InChI=1S/C17H15Cl2N3O3/c18-13-4-2-12(3-5-13)17(25)21-8-7-20-16-14(19)9-11(10-22-16)1-6-15(23)24/h1-6,9-10H,7-8H2,(H,20,22)(H,21,25)(H,23,24)/b6-1+. The van der Waals surface area contributed by atoms with Crippen molar-refractivity contribution in [3.8, 4) is 0 Å². The number of halogens is 2. The Kier molecular flexibility index (Phi) is 6.80. The number of carbonyl (C=O) groups is 2. The number of carboxylic acids is 1. The van der Waals surface area contributed by atoms with Crippen LogP contribution in [-0.2, 0) is 4.79 Å². The van der Waals surface area contributed by atoms with Crippen molar-refractivity contribution in [3.05, 3.63) is 63.8 Å². The van der Waals surface area contributed by atoms with Gasteiger partial charge in [-0.15, -0.1) is 0 Å². The fraction of sp³-hybridized carbons (Fsp3) is 0.118. The van der Waals surface area contributed by atoms with Gasteiger partial charge < -0.3 is 15.7 Å². The Morgan fingerprint density at radius 1 is 1.16 bits per heavy atom. The van der Waals surface area contributed by atoms with E-state index in [1.54, 1.807) is 30.3 Å². The molecule has 2 rings (SSSR count). The van der Waals surface area contributed by atoms with Crippen LogP contribution in [-0.4, -0.2) is 35.1 Å². The van der Waals surface area contributed by atoms with Gasteiger partial charge in [0.15, 0.2) is 0 Å². The number of anilines is 1. The Bertz CT molecular complexity index is 792. The number of pyridine rings is 1. The fourth-order valence-corrected chi connectivity index (χ4v) is 2.27. The number of nitrogens with one attached hydrogen (secondary N) is 2. The summed E-state index contributed by atoms with van der Waals surface area (Å²) in [4.78, 5) is 26.5. The third kappa shape index (κ3) is 6.10. The lowest BCUT2D eigenvalue weighted by Crippen LogP contribution is -2.28. The SMILES string of the molecule is O=C(O)/C=C/c1cnc(NCCNC(=O)c2ccc(Cl)cc2)c(Cl)c1. The highest BCUT2D eigenvalue weighted by atomic mass is 35.5. The van der Waals surface area contributed by atoms with Gasteiger partial charge in [-0.05, 0) is 42.0 Å². The van der Waals surface area contributed by atoms with Crippen LogP contribution in [0.3, 0.4) is 0 Å². The van der Waals surface area contributed by atoms with Crippen molar-refractivity contribution < 1.29 is 14.7 Å². The number of amides is 1. The molecule has 0 fully saturated rings. The normalized spacial score (nSPS) is 10.6. The van der Waals surface area contributed by atoms with E-state index >= 15 is 0 Å². The van der Waals surface area contributed by atoms with E-state index in [2.05, 4.69) is 15.6 Å². The zero-order valence-electron chi connectivity index (χ0n) is 13.0. The molecule has 0 spiro atoms. The summed E-state index contributed by atoms with van der Waals surface area (Å²) < 4.78 is 0. The number of nitrogens with zero attached hydrogens (tertiary/aromatic N) is 1. The van der Waals surface area contributed by atoms with Gasteiger partial charge in [0.2, 0.25) is 0 Å². The van der Waals surface area contributed by atoms with Crippen LogP contribution < -0.4 is 10.6 Å². The maximum absolute atomic E-state index is 11.9. The molecule has 8 heteroatoms. The lowest BCUT2D eigenvalue weighted by atomic mass is 10.2. The molecule has 0 aliphatic heterocycles. The highest BCUT2D eigenvalue weighted by Crippen LogP contribution is 2.20. The van der Waals surface area contributed by atoms with Gasteiger partial charge in [0.25, 0.3) is 5.91 Å². The van der Waals surface area contributed by atoms with Gasteiger partial charge in [-0.1, -0.05) is 23.2 Å². The minimum absolute atomic E-state index is 0.202. The van der Waals surface area contributed by atoms with E-state index in [-0.39, 0.29) is 5.91 Å². The molecule has 1 amide bonds. The highest BCUT2D eigenvalue weighted by Gasteiger charge is 2.05. The second-order valence-corrected chi connectivity index (χ2v) is 5.80. The largest absolute Gasteiger partial charge is 0.478 e. The van der Waals surface area contributed by atoms with Gasteiger partial charge in [0.05, 0.1) is 5.02 Å². The summed E-state index contributed by atoms with van der Waals surface area (Å²) >= 11 is 11.9. The maximum atomic E-state index is 11.9. The number of rotatable bonds is 7. The minimum atomic E-state index is -1.05. The number of carboxylic acid groups (broad SMARTS) is 1. The molecule has 130 valence electrons. The lowest BCUT2D eigenvalue weighted by molar-refractivity contribution is -0.131. The molecule has 0 saturated carbocycles. The summed E-state index contributed by atoms with van der Waals surface area (Å²) in [5.41, 5.74) is 1.10. The predicted octanol–water partition coefficient (Wildman–Crippen LogP) is 3.33. The molecule has 0 bridgehead atoms. The molecule has 1 aromatic heterocycles. The first-order chi connectivity index (χ1) is 12.0. The predicted molar refractivity (Wildman–Crippen MR) is 98.2 cm³/mol. The molecule has 3 N–H and O–H groups in total. The first kappa shape index (κ1) is 18.8. The van der Waals surface area contributed by atoms with E-state index in [9.17, 15) is 9.59 Å². The van der Waals surface area contributed by atoms with Gasteiger partial charge in [0.1, 0.15) is 5.82 Å². The summed E-state index contributed by atoms with van der Waals surface area (Å²) in [7, 11) is 0. The zero-order valence-corrected chi connectivity index (χ0v) is 14.5. The third-order valence-electron chi connectivity index (χ3n) is 3.09. The van der Waals surface area contributed by atoms with Crippen molar-refractivity contribution in [1.29, 1.82) is 0 Å². The van der Waals surface area contributed by atoms with Gasteiger partial charge in [-0.2, -0.15) is 0 Å². The van der Waals surface area contributed by atoms with Crippen molar-refractivity contribution in [2.75, 3.05) is 18.4 Å². The van der Waals surface area contributed by atoms with Crippen LogP contribution in [0.25, 0.3) is 6.08 Å². The lowest BCUT2D eigenvalue weighted by Gasteiger charge is -2.09. The second-order valence-electron chi connectivity index (χ2n) is 4.96. The van der Waals surface area contributed by atoms with Gasteiger partial charge in [-0.25, -0.2) is 9.78 Å². The smallest absolute Gasteiger partial charge is 0.328 e. The third-order valence-corrected chi connectivity index (χ3v) is 3.63. The van der Waals surface area contributed by atoms with Gasteiger partial charge in [-0.3, -0.25) is 4.79 Å². The minimum Gasteiger partial charge on any atom is -0.478 e. The molecule has 0 unspecified atom stereocenters. The Balaban J connectivity index is 1.82. The molecule has 2 aromatic rings. The second kappa shape index (κ2) is 9.05. The van der Waals surface area contributed by atoms with Crippen LogP contribution in [0.5, 0.6) is 0 Å². The fourth-order valence-electron chi connectivity index (χ4n) is 1.90. The maximum Gasteiger partial charge on any atom is 0.328 e. The number of hydrogen-bond acceptors (Lipinski definition) is 4. The van der Waals surface area contributed by atoms with Crippen LogP contribution in [0.2, 0.25) is 10.0 Å². The van der Waals surface area contributed by atoms with Crippen molar-refractivity contribution in [2.24, 2.45) is 0 Å². The quantitative estimate of drug-likeness (QED) is 0.506. The van der Waals surface area contributed by atoms with Gasteiger partial charge in [0, 0.05) is 35.9 Å². The molecule has 0 aliphatic carbocycles. The van der Waals surface area contributed by atoms with E-state index in [4.69, 9.17) is 28.3 Å². The van der Waals surface area contributed by atoms with E-state index in [0.717, 1.165) is 6.08 Å². The summed E-state index contributed by atoms with van der Waals surface area (Å²) in [5.74, 6) is -0.795. The molecule has 25 heavy (non-hydrogen) atoms. The molecule has 0 aliphatic rings. The molecule has 0 atom stereocenters. The monoisotopic (exact) mass is 379 g/mol. The van der Waals surface area contributed by atoms with E-state index in [1.807, 2.05) is 0 Å². The number of aliphatic carboxylic acids is 1. The van der Waals surface area contributed by atoms with Crippen LogP contribution in [0.4, 0.5) is 5.82 Å². The van der Waals surface area contributed by atoms with Crippen LogP contribution in [0.1, 0.15) is 15.9 Å². The Hall–Kier alpha value is -2.57. The molecule has 6 nitrogen and oxygen atoms in total. The average Bonchev–Trinajstić information content (AvgIpc) is 2.58. The summed E-state index contributed by atoms with van der Waals surface area (Å²) in [6.45, 7) is 0.802. The summed E-state index contributed by atoms with van der Waals surface area (Å²) in [5, 5.41) is 15.3. The van der Waals surface area contributed by atoms with E-state index in [0.29, 0.717) is 40.1 Å². The van der Waals surface area contributed by atoms with Crippen molar-refractivity contribution in [3.63, 3.8) is 0 Å². The number of benzene rings is 1. The molecule has 1 aromatic carbocycles. The van der Waals surface area contributed by atoms with Crippen molar-refractivity contribution in [1.82, 2.24) is 10.3 Å². The van der Waals surface area contributed by atoms with E-state index in [1.165, 1.54) is 12.3 Å².